The van der Waals surface area contributed by atoms with Crippen molar-refractivity contribution in [2.75, 3.05) is 5.32 Å². The molecule has 1 amide bonds. The molecular formula is C17H13FN2O2. The second-order valence-electron chi connectivity index (χ2n) is 4.82. The summed E-state index contributed by atoms with van der Waals surface area (Å²) in [5.74, 6) is 0.00290. The van der Waals surface area contributed by atoms with E-state index in [4.69, 9.17) is 4.42 Å². The van der Waals surface area contributed by atoms with Crippen LogP contribution < -0.4 is 5.32 Å². The first-order valence-electron chi connectivity index (χ1n) is 6.72. The van der Waals surface area contributed by atoms with Gasteiger partial charge in [0.25, 0.3) is 5.91 Å². The standard InChI is InChI=1S/C17H13FN2O2/c1-11-6-9-16(19-10-11)20-17(21)15-8-7-14(22-15)12-4-2-3-5-13(12)18/h2-10H,1H3,(H,19,20,21). The van der Waals surface area contributed by atoms with Crippen LogP contribution in [0.1, 0.15) is 16.1 Å². The summed E-state index contributed by atoms with van der Waals surface area (Å²) in [4.78, 5) is 16.2. The van der Waals surface area contributed by atoms with E-state index in [0.717, 1.165) is 5.56 Å². The number of anilines is 1. The molecule has 0 spiro atoms. The molecule has 4 nitrogen and oxygen atoms in total. The number of nitrogens with one attached hydrogen (secondary N) is 1. The minimum Gasteiger partial charge on any atom is -0.451 e. The highest BCUT2D eigenvalue weighted by atomic mass is 19.1. The number of carbonyl (C=O) groups excluding carboxylic acids is 1. The molecule has 0 unspecified atom stereocenters. The molecule has 22 heavy (non-hydrogen) atoms. The van der Waals surface area contributed by atoms with Gasteiger partial charge in [0.2, 0.25) is 0 Å². The molecule has 0 atom stereocenters. The number of aromatic nitrogens is 1. The number of pyridine rings is 1. The van der Waals surface area contributed by atoms with Crippen molar-refractivity contribution < 1.29 is 13.6 Å². The van der Waals surface area contributed by atoms with Crippen LogP contribution in [-0.2, 0) is 0 Å². The third kappa shape index (κ3) is 2.88. The molecule has 5 heteroatoms. The van der Waals surface area contributed by atoms with Crippen molar-refractivity contribution in [3.8, 4) is 11.3 Å². The van der Waals surface area contributed by atoms with Crippen LogP contribution >= 0.6 is 0 Å². The van der Waals surface area contributed by atoms with Crippen LogP contribution in [0.3, 0.4) is 0 Å². The lowest BCUT2D eigenvalue weighted by Crippen LogP contribution is -2.11. The highest BCUT2D eigenvalue weighted by molar-refractivity contribution is 6.02. The zero-order valence-electron chi connectivity index (χ0n) is 11.8. The maximum Gasteiger partial charge on any atom is 0.292 e. The smallest absolute Gasteiger partial charge is 0.292 e. The fraction of sp³-hybridized carbons (Fsp3) is 0.0588. The van der Waals surface area contributed by atoms with Crippen LogP contribution in [0.5, 0.6) is 0 Å². The van der Waals surface area contributed by atoms with Crippen molar-refractivity contribution in [2.45, 2.75) is 6.92 Å². The number of furan rings is 1. The molecule has 0 bridgehead atoms. The number of aryl methyl sites for hydroxylation is 1. The topological polar surface area (TPSA) is 55.1 Å². The number of hydrogen-bond donors (Lipinski definition) is 1. The Morgan fingerprint density at radius 3 is 2.68 bits per heavy atom. The SMILES string of the molecule is Cc1ccc(NC(=O)c2ccc(-c3ccccc3F)o2)nc1. The van der Waals surface area contributed by atoms with E-state index in [-0.39, 0.29) is 5.76 Å². The fourth-order valence-electron chi connectivity index (χ4n) is 1.99. The van der Waals surface area contributed by atoms with Crippen LogP contribution in [0, 0.1) is 12.7 Å². The van der Waals surface area contributed by atoms with E-state index in [1.165, 1.54) is 12.1 Å². The Labute approximate surface area is 126 Å². The van der Waals surface area contributed by atoms with Gasteiger partial charge in [0.15, 0.2) is 5.76 Å². The predicted molar refractivity (Wildman–Crippen MR) is 81.0 cm³/mol. The van der Waals surface area contributed by atoms with E-state index < -0.39 is 11.7 Å². The van der Waals surface area contributed by atoms with E-state index in [0.29, 0.717) is 17.1 Å². The predicted octanol–water partition coefficient (Wildman–Crippen LogP) is 4.04. The summed E-state index contributed by atoms with van der Waals surface area (Å²) in [5.41, 5.74) is 1.31. The quantitative estimate of drug-likeness (QED) is 0.793. The molecule has 0 aliphatic carbocycles. The van der Waals surface area contributed by atoms with Crippen molar-refractivity contribution in [3.63, 3.8) is 0 Å². The number of rotatable bonds is 3. The first-order chi connectivity index (χ1) is 10.6. The van der Waals surface area contributed by atoms with Gasteiger partial charge in [-0.1, -0.05) is 18.2 Å². The first kappa shape index (κ1) is 14.0. The number of nitrogens with zero attached hydrogens (tertiary/aromatic N) is 1. The van der Waals surface area contributed by atoms with Gasteiger partial charge in [0, 0.05) is 6.20 Å². The van der Waals surface area contributed by atoms with Gasteiger partial charge in [-0.05, 0) is 42.8 Å². The van der Waals surface area contributed by atoms with Gasteiger partial charge in [-0.3, -0.25) is 4.79 Å². The van der Waals surface area contributed by atoms with Gasteiger partial charge >= 0.3 is 0 Å². The molecule has 0 saturated carbocycles. The Balaban J connectivity index is 1.80. The summed E-state index contributed by atoms with van der Waals surface area (Å²) in [6.45, 7) is 1.91. The minimum atomic E-state index is -0.432. The molecule has 0 fully saturated rings. The Morgan fingerprint density at radius 2 is 1.95 bits per heavy atom. The van der Waals surface area contributed by atoms with Crippen molar-refractivity contribution in [1.29, 1.82) is 0 Å². The van der Waals surface area contributed by atoms with Crippen LogP contribution in [0.2, 0.25) is 0 Å². The molecule has 1 aromatic carbocycles. The Kier molecular flexibility index (Phi) is 3.70. The van der Waals surface area contributed by atoms with Crippen molar-refractivity contribution >= 4 is 11.7 Å². The lowest BCUT2D eigenvalue weighted by molar-refractivity contribution is 0.0997. The Hall–Kier alpha value is -2.95. The van der Waals surface area contributed by atoms with Crippen LogP contribution in [-0.4, -0.2) is 10.9 Å². The maximum absolute atomic E-state index is 13.7. The van der Waals surface area contributed by atoms with Gasteiger partial charge < -0.3 is 9.73 Å². The molecule has 110 valence electrons. The molecule has 3 aromatic rings. The van der Waals surface area contributed by atoms with Gasteiger partial charge in [0.1, 0.15) is 17.4 Å². The largest absolute Gasteiger partial charge is 0.451 e. The fourth-order valence-corrected chi connectivity index (χ4v) is 1.99. The van der Waals surface area contributed by atoms with E-state index in [2.05, 4.69) is 10.3 Å². The molecule has 0 aliphatic heterocycles. The van der Waals surface area contributed by atoms with E-state index in [1.807, 2.05) is 13.0 Å². The Bertz CT molecular complexity index is 810. The van der Waals surface area contributed by atoms with Gasteiger partial charge in [-0.25, -0.2) is 9.37 Å². The highest BCUT2D eigenvalue weighted by Crippen LogP contribution is 2.25. The number of carbonyl (C=O) groups is 1. The van der Waals surface area contributed by atoms with Gasteiger partial charge in [-0.15, -0.1) is 0 Å². The minimum absolute atomic E-state index is 0.0978. The van der Waals surface area contributed by atoms with E-state index in [9.17, 15) is 9.18 Å². The van der Waals surface area contributed by atoms with Crippen LogP contribution in [0.4, 0.5) is 10.2 Å². The highest BCUT2D eigenvalue weighted by Gasteiger charge is 2.14. The van der Waals surface area contributed by atoms with E-state index in [1.54, 1.807) is 36.5 Å². The third-order valence-electron chi connectivity index (χ3n) is 3.12. The maximum atomic E-state index is 13.7. The molecule has 1 N–H and O–H groups in total. The molecule has 0 saturated heterocycles. The van der Waals surface area contributed by atoms with Crippen molar-refractivity contribution in [1.82, 2.24) is 4.98 Å². The average Bonchev–Trinajstić information content (AvgIpc) is 3.00. The second kappa shape index (κ2) is 5.81. The summed E-state index contributed by atoms with van der Waals surface area (Å²) in [7, 11) is 0. The summed E-state index contributed by atoms with van der Waals surface area (Å²) >= 11 is 0. The lowest BCUT2D eigenvalue weighted by Gasteiger charge is -2.02. The second-order valence-corrected chi connectivity index (χ2v) is 4.82. The summed E-state index contributed by atoms with van der Waals surface area (Å²) in [6.07, 6.45) is 1.66. The summed E-state index contributed by atoms with van der Waals surface area (Å²) in [6, 6.07) is 12.9. The number of hydrogen-bond acceptors (Lipinski definition) is 3. The monoisotopic (exact) mass is 296 g/mol. The summed E-state index contributed by atoms with van der Waals surface area (Å²) < 4.78 is 19.1. The average molecular weight is 296 g/mol. The van der Waals surface area contributed by atoms with Gasteiger partial charge in [0.05, 0.1) is 5.56 Å². The first-order valence-corrected chi connectivity index (χ1v) is 6.72. The zero-order valence-corrected chi connectivity index (χ0v) is 11.8. The molecular weight excluding hydrogens is 283 g/mol. The molecule has 0 aliphatic rings. The molecule has 2 aromatic heterocycles. The van der Waals surface area contributed by atoms with E-state index >= 15 is 0 Å². The normalized spacial score (nSPS) is 10.5. The zero-order chi connectivity index (χ0) is 15.5. The summed E-state index contributed by atoms with van der Waals surface area (Å²) in [5, 5.41) is 2.63. The van der Waals surface area contributed by atoms with Crippen LogP contribution in [0.25, 0.3) is 11.3 Å². The number of halogens is 1. The van der Waals surface area contributed by atoms with Crippen LogP contribution in [0.15, 0.2) is 59.1 Å². The third-order valence-corrected chi connectivity index (χ3v) is 3.12. The lowest BCUT2D eigenvalue weighted by atomic mass is 10.1. The molecule has 2 heterocycles. The van der Waals surface area contributed by atoms with Crippen molar-refractivity contribution in [2.24, 2.45) is 0 Å². The molecule has 3 rings (SSSR count). The molecule has 0 radical (unpaired) electrons. The van der Waals surface area contributed by atoms with Gasteiger partial charge in [-0.2, -0.15) is 0 Å². The number of amides is 1. The Morgan fingerprint density at radius 1 is 1.14 bits per heavy atom. The number of benzene rings is 1. The van der Waals surface area contributed by atoms with Crippen molar-refractivity contribution in [3.05, 3.63) is 71.9 Å².